The van der Waals surface area contributed by atoms with Crippen LogP contribution >= 0.6 is 0 Å². The Morgan fingerprint density at radius 2 is 1.90 bits per heavy atom. The minimum absolute atomic E-state index is 0.0510. The maximum Gasteiger partial charge on any atom is 0.223 e. The molecule has 1 atom stereocenters. The molecule has 0 aromatic heterocycles. The number of aliphatic hydroxyl groups is 1. The van der Waals surface area contributed by atoms with Crippen molar-refractivity contribution in [3.05, 3.63) is 0 Å². The monoisotopic (exact) mass is 280 g/mol. The van der Waals surface area contributed by atoms with Crippen molar-refractivity contribution in [1.82, 2.24) is 10.2 Å². The van der Waals surface area contributed by atoms with Gasteiger partial charge < -0.3 is 15.3 Å². The molecular formula is C15H24N2O3. The lowest BCUT2D eigenvalue weighted by Gasteiger charge is -2.25. The van der Waals surface area contributed by atoms with Crippen molar-refractivity contribution < 1.29 is 14.7 Å². The first kappa shape index (κ1) is 13.9. The van der Waals surface area contributed by atoms with Crippen LogP contribution in [0.15, 0.2) is 0 Å². The van der Waals surface area contributed by atoms with Gasteiger partial charge in [0.05, 0.1) is 6.10 Å². The van der Waals surface area contributed by atoms with Gasteiger partial charge in [0.25, 0.3) is 0 Å². The number of aliphatic hydroxyl groups excluding tert-OH is 1. The summed E-state index contributed by atoms with van der Waals surface area (Å²) in [6, 6.07) is 0.489. The average Bonchev–Trinajstić information content (AvgIpc) is 3.21. The van der Waals surface area contributed by atoms with Crippen LogP contribution in [0.25, 0.3) is 0 Å². The fourth-order valence-electron chi connectivity index (χ4n) is 3.41. The lowest BCUT2D eigenvalue weighted by atomic mass is 9.87. The van der Waals surface area contributed by atoms with Gasteiger partial charge in [0, 0.05) is 37.4 Å². The van der Waals surface area contributed by atoms with Crippen LogP contribution in [0.4, 0.5) is 0 Å². The first-order chi connectivity index (χ1) is 9.63. The van der Waals surface area contributed by atoms with Gasteiger partial charge in [-0.05, 0) is 38.5 Å². The number of hydrogen-bond acceptors (Lipinski definition) is 3. The van der Waals surface area contributed by atoms with Crippen LogP contribution in [0.1, 0.15) is 44.9 Å². The number of amides is 2. The van der Waals surface area contributed by atoms with Crippen molar-refractivity contribution in [2.45, 2.75) is 57.1 Å². The Balaban J connectivity index is 1.41. The maximum absolute atomic E-state index is 12.1. The smallest absolute Gasteiger partial charge is 0.223 e. The van der Waals surface area contributed by atoms with E-state index in [0.29, 0.717) is 19.0 Å². The molecule has 5 nitrogen and oxygen atoms in total. The minimum atomic E-state index is -0.224. The van der Waals surface area contributed by atoms with Crippen molar-refractivity contribution in [2.24, 2.45) is 11.8 Å². The second kappa shape index (κ2) is 5.72. The molecule has 1 heterocycles. The van der Waals surface area contributed by atoms with Gasteiger partial charge >= 0.3 is 0 Å². The number of carbonyl (C=O) groups is 2. The van der Waals surface area contributed by atoms with Gasteiger partial charge in [0.2, 0.25) is 11.8 Å². The molecular weight excluding hydrogens is 256 g/mol. The van der Waals surface area contributed by atoms with Crippen molar-refractivity contribution in [2.75, 3.05) is 13.1 Å². The van der Waals surface area contributed by atoms with Gasteiger partial charge in [-0.25, -0.2) is 0 Å². The summed E-state index contributed by atoms with van der Waals surface area (Å²) < 4.78 is 0. The molecule has 1 aliphatic heterocycles. The van der Waals surface area contributed by atoms with E-state index in [1.807, 2.05) is 4.90 Å². The molecule has 2 aliphatic carbocycles. The van der Waals surface area contributed by atoms with E-state index in [9.17, 15) is 14.7 Å². The second-order valence-corrected chi connectivity index (χ2v) is 6.60. The molecule has 0 spiro atoms. The summed E-state index contributed by atoms with van der Waals surface area (Å²) in [5.41, 5.74) is 0. The first-order valence-corrected chi connectivity index (χ1v) is 7.88. The van der Waals surface area contributed by atoms with E-state index in [0.717, 1.165) is 45.1 Å². The van der Waals surface area contributed by atoms with Gasteiger partial charge in [-0.15, -0.1) is 0 Å². The first-order valence-electron chi connectivity index (χ1n) is 7.88. The fraction of sp³-hybridized carbons (Fsp3) is 0.867. The number of rotatable bonds is 4. The zero-order valence-corrected chi connectivity index (χ0v) is 11.9. The van der Waals surface area contributed by atoms with Crippen LogP contribution in [-0.4, -0.2) is 47.1 Å². The zero-order chi connectivity index (χ0) is 14.1. The quantitative estimate of drug-likeness (QED) is 0.795. The molecule has 0 bridgehead atoms. The number of nitrogens with one attached hydrogen (secondary N) is 1. The van der Waals surface area contributed by atoms with Crippen LogP contribution in [0.3, 0.4) is 0 Å². The Kier molecular flexibility index (Phi) is 3.96. The van der Waals surface area contributed by atoms with E-state index in [1.54, 1.807) is 0 Å². The Hall–Kier alpha value is -1.10. The van der Waals surface area contributed by atoms with Gasteiger partial charge in [-0.2, -0.15) is 0 Å². The number of hydrogen-bond donors (Lipinski definition) is 2. The lowest BCUT2D eigenvalue weighted by Crippen LogP contribution is -2.37. The molecule has 3 rings (SSSR count). The summed E-state index contributed by atoms with van der Waals surface area (Å²) >= 11 is 0. The van der Waals surface area contributed by atoms with Gasteiger partial charge in [-0.3, -0.25) is 9.59 Å². The number of nitrogens with zero attached hydrogens (tertiary/aromatic N) is 1. The van der Waals surface area contributed by atoms with E-state index in [-0.39, 0.29) is 29.8 Å². The Morgan fingerprint density at radius 3 is 2.55 bits per heavy atom. The van der Waals surface area contributed by atoms with Crippen molar-refractivity contribution in [1.29, 1.82) is 0 Å². The Morgan fingerprint density at radius 1 is 1.20 bits per heavy atom. The fourth-order valence-corrected chi connectivity index (χ4v) is 3.41. The molecule has 1 unspecified atom stereocenters. The summed E-state index contributed by atoms with van der Waals surface area (Å²) in [7, 11) is 0. The Labute approximate surface area is 119 Å². The van der Waals surface area contributed by atoms with Gasteiger partial charge in [0.15, 0.2) is 0 Å². The standard InChI is InChI=1S/C15H24N2O3/c18-13-5-1-11(2-6-13)15(20)16-8-10-7-14(19)17(9-10)12-3-4-12/h10-13,18H,1-9H2,(H,16,20). The highest BCUT2D eigenvalue weighted by atomic mass is 16.3. The van der Waals surface area contributed by atoms with Crippen LogP contribution in [0, 0.1) is 11.8 Å². The molecule has 2 amide bonds. The van der Waals surface area contributed by atoms with Crippen molar-refractivity contribution in [3.63, 3.8) is 0 Å². The number of carbonyl (C=O) groups excluding carboxylic acids is 2. The minimum Gasteiger partial charge on any atom is -0.393 e. The summed E-state index contributed by atoms with van der Waals surface area (Å²) in [5.74, 6) is 0.693. The number of likely N-dealkylation sites (tertiary alicyclic amines) is 1. The molecule has 1 saturated heterocycles. The molecule has 2 saturated carbocycles. The summed E-state index contributed by atoms with van der Waals surface area (Å²) in [6.07, 6.45) is 5.68. The van der Waals surface area contributed by atoms with E-state index in [4.69, 9.17) is 0 Å². The molecule has 5 heteroatoms. The third-order valence-corrected chi connectivity index (χ3v) is 4.86. The van der Waals surface area contributed by atoms with Crippen molar-refractivity contribution >= 4 is 11.8 Å². The molecule has 0 aromatic carbocycles. The SMILES string of the molecule is O=C(NCC1CC(=O)N(C2CC2)C1)C1CCC(O)CC1. The summed E-state index contributed by atoms with van der Waals surface area (Å²) in [5, 5.41) is 12.5. The van der Waals surface area contributed by atoms with E-state index in [2.05, 4.69) is 5.32 Å². The molecule has 20 heavy (non-hydrogen) atoms. The van der Waals surface area contributed by atoms with Crippen LogP contribution in [-0.2, 0) is 9.59 Å². The third kappa shape index (κ3) is 3.14. The van der Waals surface area contributed by atoms with Gasteiger partial charge in [0.1, 0.15) is 0 Å². The summed E-state index contributed by atoms with van der Waals surface area (Å²) in [6.45, 7) is 1.43. The Bertz CT molecular complexity index is 387. The highest BCUT2D eigenvalue weighted by Crippen LogP contribution is 2.32. The zero-order valence-electron chi connectivity index (χ0n) is 11.9. The average molecular weight is 280 g/mol. The second-order valence-electron chi connectivity index (χ2n) is 6.60. The molecule has 3 aliphatic rings. The van der Waals surface area contributed by atoms with Crippen LogP contribution in [0.5, 0.6) is 0 Å². The maximum atomic E-state index is 12.1. The third-order valence-electron chi connectivity index (χ3n) is 4.86. The molecule has 112 valence electrons. The molecule has 0 radical (unpaired) electrons. The van der Waals surface area contributed by atoms with Gasteiger partial charge in [-0.1, -0.05) is 0 Å². The molecule has 3 fully saturated rings. The predicted octanol–water partition coefficient (Wildman–Crippen LogP) is 0.665. The van der Waals surface area contributed by atoms with Crippen molar-refractivity contribution in [3.8, 4) is 0 Å². The topological polar surface area (TPSA) is 69.6 Å². The van der Waals surface area contributed by atoms with Crippen LogP contribution < -0.4 is 5.32 Å². The molecule has 2 N–H and O–H groups in total. The summed E-state index contributed by atoms with van der Waals surface area (Å²) in [4.78, 5) is 25.9. The normalized spacial score (nSPS) is 34.4. The highest BCUT2D eigenvalue weighted by molar-refractivity contribution is 5.80. The predicted molar refractivity (Wildman–Crippen MR) is 73.8 cm³/mol. The van der Waals surface area contributed by atoms with E-state index < -0.39 is 0 Å². The van der Waals surface area contributed by atoms with E-state index in [1.165, 1.54) is 0 Å². The van der Waals surface area contributed by atoms with Crippen LogP contribution in [0.2, 0.25) is 0 Å². The van der Waals surface area contributed by atoms with E-state index >= 15 is 0 Å². The largest absolute Gasteiger partial charge is 0.393 e. The highest BCUT2D eigenvalue weighted by Gasteiger charge is 2.39. The molecule has 0 aromatic rings. The lowest BCUT2D eigenvalue weighted by molar-refractivity contribution is -0.128.